The molecule has 1 aromatic heterocycles. The molecule has 9 heteroatoms. The monoisotopic (exact) mass is 377 g/mol. The summed E-state index contributed by atoms with van der Waals surface area (Å²) in [6.45, 7) is 4.96. The van der Waals surface area contributed by atoms with Gasteiger partial charge in [0.05, 0.1) is 15.1 Å². The van der Waals surface area contributed by atoms with E-state index in [2.05, 4.69) is 5.32 Å². The van der Waals surface area contributed by atoms with Crippen molar-refractivity contribution in [1.29, 1.82) is 0 Å². The van der Waals surface area contributed by atoms with E-state index >= 15 is 0 Å². The van der Waals surface area contributed by atoms with Crippen LogP contribution in [-0.4, -0.2) is 43.5 Å². The van der Waals surface area contributed by atoms with Crippen molar-refractivity contribution < 1.29 is 8.42 Å². The zero-order valence-electron chi connectivity index (χ0n) is 12.8. The van der Waals surface area contributed by atoms with Gasteiger partial charge in [-0.3, -0.25) is 9.36 Å². The van der Waals surface area contributed by atoms with Crippen molar-refractivity contribution in [3.05, 3.63) is 27.9 Å². The second-order valence-corrected chi connectivity index (χ2v) is 8.23. The Kier molecular flexibility index (Phi) is 5.85. The van der Waals surface area contributed by atoms with Crippen LogP contribution < -0.4 is 10.2 Å². The first-order valence-corrected chi connectivity index (χ1v) is 9.64. The molecular formula is C14H20ClN3O3S2. The van der Waals surface area contributed by atoms with E-state index in [-0.39, 0.29) is 22.2 Å². The van der Waals surface area contributed by atoms with Gasteiger partial charge in [-0.15, -0.1) is 12.4 Å². The van der Waals surface area contributed by atoms with Crippen molar-refractivity contribution in [1.82, 2.24) is 14.2 Å². The Balaban J connectivity index is 0.00000192. The van der Waals surface area contributed by atoms with E-state index in [1.165, 1.54) is 4.31 Å². The summed E-state index contributed by atoms with van der Waals surface area (Å²) in [6, 6.07) is 4.99. The molecule has 2 aromatic rings. The lowest BCUT2D eigenvalue weighted by Gasteiger charge is -2.26. The summed E-state index contributed by atoms with van der Waals surface area (Å²) in [4.78, 5) is 12.2. The SMILES string of the molecule is CCCn1c(=O)sc2cc(S(=O)(=O)N3CCNCC3)ccc21.Cl. The number of benzene rings is 1. The Morgan fingerprint density at radius 1 is 1.26 bits per heavy atom. The van der Waals surface area contributed by atoms with Crippen LogP contribution in [0.25, 0.3) is 10.2 Å². The van der Waals surface area contributed by atoms with Gasteiger partial charge in [0.15, 0.2) is 0 Å². The van der Waals surface area contributed by atoms with Gasteiger partial charge in [-0.2, -0.15) is 4.31 Å². The standard InChI is InChI=1S/C14H19N3O3S2.ClH/c1-2-7-17-12-4-3-11(10-13(12)21-14(17)18)22(19,20)16-8-5-15-6-9-16;/h3-4,10,15H,2,5-9H2,1H3;1H. The number of aromatic nitrogens is 1. The fraction of sp³-hybridized carbons (Fsp3) is 0.500. The normalized spacial score (nSPS) is 16.4. The van der Waals surface area contributed by atoms with Crippen LogP contribution in [0.2, 0.25) is 0 Å². The van der Waals surface area contributed by atoms with E-state index in [1.54, 1.807) is 22.8 Å². The van der Waals surface area contributed by atoms with Crippen LogP contribution in [0.5, 0.6) is 0 Å². The first kappa shape index (κ1) is 18.4. The summed E-state index contributed by atoms with van der Waals surface area (Å²) >= 11 is 1.11. The maximum absolute atomic E-state index is 12.7. The van der Waals surface area contributed by atoms with Gasteiger partial charge in [-0.05, 0) is 24.6 Å². The van der Waals surface area contributed by atoms with E-state index in [1.807, 2.05) is 6.92 Å². The number of hydrogen-bond donors (Lipinski definition) is 1. The first-order chi connectivity index (χ1) is 10.5. The highest BCUT2D eigenvalue weighted by atomic mass is 35.5. The van der Waals surface area contributed by atoms with E-state index < -0.39 is 10.0 Å². The maximum atomic E-state index is 12.7. The Hall–Kier alpha value is -0.930. The molecule has 1 aromatic carbocycles. The molecule has 0 bridgehead atoms. The van der Waals surface area contributed by atoms with Crippen LogP contribution in [-0.2, 0) is 16.6 Å². The number of thiazole rings is 1. The lowest BCUT2D eigenvalue weighted by Crippen LogP contribution is -2.46. The first-order valence-electron chi connectivity index (χ1n) is 7.38. The van der Waals surface area contributed by atoms with E-state index in [9.17, 15) is 13.2 Å². The summed E-state index contributed by atoms with van der Waals surface area (Å²) in [7, 11) is -3.48. The molecule has 6 nitrogen and oxygen atoms in total. The number of aryl methyl sites for hydroxylation is 1. The van der Waals surface area contributed by atoms with Gasteiger partial charge in [0.1, 0.15) is 0 Å². The van der Waals surface area contributed by atoms with Crippen LogP contribution in [0, 0.1) is 0 Å². The number of halogens is 1. The van der Waals surface area contributed by atoms with Crippen LogP contribution in [0.4, 0.5) is 0 Å². The summed E-state index contributed by atoms with van der Waals surface area (Å²) in [5.41, 5.74) is 0.816. The van der Waals surface area contributed by atoms with Gasteiger partial charge in [0, 0.05) is 32.7 Å². The summed E-state index contributed by atoms with van der Waals surface area (Å²) in [5, 5.41) is 3.14. The molecule has 3 rings (SSSR count). The number of piperazine rings is 1. The number of rotatable bonds is 4. The van der Waals surface area contributed by atoms with Crippen molar-refractivity contribution in [2.75, 3.05) is 26.2 Å². The van der Waals surface area contributed by atoms with E-state index in [4.69, 9.17) is 0 Å². The number of nitrogens with zero attached hydrogens (tertiary/aromatic N) is 2. The Labute approximate surface area is 145 Å². The number of nitrogens with one attached hydrogen (secondary N) is 1. The highest BCUT2D eigenvalue weighted by molar-refractivity contribution is 7.89. The summed E-state index contributed by atoms with van der Waals surface area (Å²) in [6.07, 6.45) is 0.868. The summed E-state index contributed by atoms with van der Waals surface area (Å²) < 4.78 is 29.3. The highest BCUT2D eigenvalue weighted by Gasteiger charge is 2.26. The molecule has 23 heavy (non-hydrogen) atoms. The van der Waals surface area contributed by atoms with Crippen molar-refractivity contribution in [3.63, 3.8) is 0 Å². The molecule has 0 unspecified atom stereocenters. The molecule has 1 saturated heterocycles. The van der Waals surface area contributed by atoms with Crippen LogP contribution >= 0.6 is 23.7 Å². The van der Waals surface area contributed by atoms with Gasteiger partial charge in [0.2, 0.25) is 10.0 Å². The van der Waals surface area contributed by atoms with Crippen molar-refractivity contribution >= 4 is 44.0 Å². The predicted molar refractivity (Wildman–Crippen MR) is 95.3 cm³/mol. The molecular weight excluding hydrogens is 358 g/mol. The topological polar surface area (TPSA) is 71.4 Å². The smallest absolute Gasteiger partial charge is 0.308 e. The Bertz CT molecular complexity index is 839. The minimum Gasteiger partial charge on any atom is -0.314 e. The molecule has 1 N–H and O–H groups in total. The molecule has 1 fully saturated rings. The zero-order valence-corrected chi connectivity index (χ0v) is 15.3. The third-order valence-electron chi connectivity index (χ3n) is 3.80. The number of sulfonamides is 1. The molecule has 0 amide bonds. The average Bonchev–Trinajstić information content (AvgIpc) is 2.84. The molecule has 0 atom stereocenters. The molecule has 128 valence electrons. The van der Waals surface area contributed by atoms with E-state index in [0.29, 0.717) is 32.7 Å². The van der Waals surface area contributed by atoms with Crippen LogP contribution in [0.3, 0.4) is 0 Å². The van der Waals surface area contributed by atoms with Crippen molar-refractivity contribution in [3.8, 4) is 0 Å². The number of fused-ring (bicyclic) bond motifs is 1. The molecule has 1 aliphatic heterocycles. The van der Waals surface area contributed by atoms with Crippen LogP contribution in [0.1, 0.15) is 13.3 Å². The quantitative estimate of drug-likeness (QED) is 0.876. The second-order valence-electron chi connectivity index (χ2n) is 5.30. The van der Waals surface area contributed by atoms with Crippen molar-refractivity contribution in [2.24, 2.45) is 0 Å². The number of hydrogen-bond acceptors (Lipinski definition) is 5. The third-order valence-corrected chi connectivity index (χ3v) is 6.64. The molecule has 0 aliphatic carbocycles. The fourth-order valence-corrected chi connectivity index (χ4v) is 5.18. The van der Waals surface area contributed by atoms with E-state index in [0.717, 1.165) is 28.0 Å². The molecule has 0 radical (unpaired) electrons. The van der Waals surface area contributed by atoms with Crippen LogP contribution in [0.15, 0.2) is 27.9 Å². The fourth-order valence-electron chi connectivity index (χ4n) is 2.68. The third kappa shape index (κ3) is 3.46. The Morgan fingerprint density at radius 3 is 2.61 bits per heavy atom. The average molecular weight is 378 g/mol. The van der Waals surface area contributed by atoms with Gasteiger partial charge in [-0.1, -0.05) is 18.3 Å². The van der Waals surface area contributed by atoms with Gasteiger partial charge in [-0.25, -0.2) is 8.42 Å². The molecule has 0 spiro atoms. The second kappa shape index (κ2) is 7.31. The van der Waals surface area contributed by atoms with Gasteiger partial charge < -0.3 is 5.32 Å². The van der Waals surface area contributed by atoms with Gasteiger partial charge in [0.25, 0.3) is 0 Å². The zero-order chi connectivity index (χ0) is 15.7. The summed E-state index contributed by atoms with van der Waals surface area (Å²) in [5.74, 6) is 0. The maximum Gasteiger partial charge on any atom is 0.308 e. The molecule has 0 saturated carbocycles. The lowest BCUT2D eigenvalue weighted by molar-refractivity contribution is 0.360. The lowest BCUT2D eigenvalue weighted by atomic mass is 10.3. The minimum atomic E-state index is -3.48. The highest BCUT2D eigenvalue weighted by Crippen LogP contribution is 2.24. The van der Waals surface area contributed by atoms with Crippen molar-refractivity contribution in [2.45, 2.75) is 24.8 Å². The minimum absolute atomic E-state index is 0. The van der Waals surface area contributed by atoms with Gasteiger partial charge >= 0.3 is 4.87 Å². The Morgan fingerprint density at radius 2 is 1.96 bits per heavy atom. The predicted octanol–water partition coefficient (Wildman–Crippen LogP) is 1.49. The molecule has 2 heterocycles. The largest absolute Gasteiger partial charge is 0.314 e. The molecule has 1 aliphatic rings.